The first-order valence-corrected chi connectivity index (χ1v) is 8.34. The van der Waals surface area contributed by atoms with Crippen LogP contribution < -0.4 is 5.32 Å². The predicted octanol–water partition coefficient (Wildman–Crippen LogP) is 4.86. The van der Waals surface area contributed by atoms with E-state index in [-0.39, 0.29) is 23.4 Å². The lowest BCUT2D eigenvalue weighted by atomic mass is 9.97. The molecule has 6 heteroatoms. The molecule has 0 aliphatic carbocycles. The quantitative estimate of drug-likeness (QED) is 0.701. The third-order valence-corrected chi connectivity index (χ3v) is 4.21. The van der Waals surface area contributed by atoms with Gasteiger partial charge in [0, 0.05) is 10.2 Å². The molecular formula is C14H19BrF3NS. The third-order valence-electron chi connectivity index (χ3n) is 2.91. The van der Waals surface area contributed by atoms with Gasteiger partial charge in [-0.25, -0.2) is 0 Å². The Morgan fingerprint density at radius 3 is 2.45 bits per heavy atom. The van der Waals surface area contributed by atoms with Gasteiger partial charge < -0.3 is 5.32 Å². The van der Waals surface area contributed by atoms with Crippen molar-refractivity contribution in [3.63, 3.8) is 0 Å². The van der Waals surface area contributed by atoms with Gasteiger partial charge in [0.25, 0.3) is 0 Å². The fourth-order valence-electron chi connectivity index (χ4n) is 1.92. The van der Waals surface area contributed by atoms with Gasteiger partial charge in [0.2, 0.25) is 0 Å². The maximum atomic E-state index is 12.2. The highest BCUT2D eigenvalue weighted by molar-refractivity contribution is 9.10. The highest BCUT2D eigenvalue weighted by Crippen LogP contribution is 2.31. The second-order valence-corrected chi connectivity index (χ2v) is 6.66. The minimum absolute atomic E-state index is 0.0731. The van der Waals surface area contributed by atoms with Gasteiger partial charge in [-0.2, -0.15) is 13.2 Å². The average Bonchev–Trinajstić information content (AvgIpc) is 2.37. The van der Waals surface area contributed by atoms with Gasteiger partial charge in [0.15, 0.2) is 0 Å². The summed E-state index contributed by atoms with van der Waals surface area (Å²) in [6, 6.07) is 7.95. The Bertz CT molecular complexity index is 381. The van der Waals surface area contributed by atoms with Crippen molar-refractivity contribution in [3.05, 3.63) is 34.3 Å². The monoisotopic (exact) mass is 369 g/mol. The van der Waals surface area contributed by atoms with Crippen molar-refractivity contribution in [1.29, 1.82) is 0 Å². The summed E-state index contributed by atoms with van der Waals surface area (Å²) in [5.74, 6) is 0.349. The van der Waals surface area contributed by atoms with Crippen molar-refractivity contribution in [2.75, 3.05) is 18.8 Å². The van der Waals surface area contributed by atoms with E-state index >= 15 is 0 Å². The summed E-state index contributed by atoms with van der Waals surface area (Å²) in [4.78, 5) is 0. The molecule has 1 rings (SSSR count). The number of nitrogens with one attached hydrogen (secondary N) is 1. The molecule has 114 valence electrons. The number of thioether (sulfide) groups is 1. The Kier molecular flexibility index (Phi) is 7.99. The summed E-state index contributed by atoms with van der Waals surface area (Å²) < 4.78 is 37.5. The van der Waals surface area contributed by atoms with Crippen LogP contribution in [-0.2, 0) is 6.42 Å². The molecule has 0 spiro atoms. The first-order chi connectivity index (χ1) is 9.40. The summed E-state index contributed by atoms with van der Waals surface area (Å²) in [6.45, 7) is 3.59. The zero-order valence-electron chi connectivity index (χ0n) is 11.3. The van der Waals surface area contributed by atoms with Crippen LogP contribution >= 0.6 is 27.7 Å². The summed E-state index contributed by atoms with van der Waals surface area (Å²) in [6.07, 6.45) is 1.37. The van der Waals surface area contributed by atoms with Crippen LogP contribution in [0.25, 0.3) is 0 Å². The number of alkyl halides is 3. The predicted molar refractivity (Wildman–Crippen MR) is 83.0 cm³/mol. The molecule has 1 unspecified atom stereocenters. The smallest absolute Gasteiger partial charge is 0.317 e. The van der Waals surface area contributed by atoms with E-state index in [1.165, 1.54) is 0 Å². The van der Waals surface area contributed by atoms with E-state index in [2.05, 4.69) is 21.2 Å². The Morgan fingerprint density at radius 2 is 1.90 bits per heavy atom. The first-order valence-electron chi connectivity index (χ1n) is 6.56. The molecule has 0 saturated heterocycles. The molecule has 0 radical (unpaired) electrons. The van der Waals surface area contributed by atoms with Crippen molar-refractivity contribution in [2.24, 2.45) is 5.92 Å². The Hall–Kier alpha value is -0.200. The van der Waals surface area contributed by atoms with Crippen LogP contribution in [0.4, 0.5) is 13.2 Å². The lowest BCUT2D eigenvalue weighted by Gasteiger charge is -2.17. The van der Waals surface area contributed by atoms with Crippen LogP contribution in [0.3, 0.4) is 0 Å². The van der Waals surface area contributed by atoms with Crippen LogP contribution in [0.15, 0.2) is 28.7 Å². The van der Waals surface area contributed by atoms with Gasteiger partial charge in [-0.05, 0) is 49.5 Å². The molecule has 1 atom stereocenters. The van der Waals surface area contributed by atoms with Crippen LogP contribution in [0.2, 0.25) is 0 Å². The molecule has 0 aliphatic rings. The number of hydrogen-bond donors (Lipinski definition) is 1. The molecule has 0 fully saturated rings. The molecule has 0 amide bonds. The van der Waals surface area contributed by atoms with Crippen molar-refractivity contribution in [1.82, 2.24) is 5.32 Å². The molecule has 1 aromatic carbocycles. The second kappa shape index (κ2) is 8.95. The van der Waals surface area contributed by atoms with Gasteiger partial charge in [0.05, 0.1) is 0 Å². The fraction of sp³-hybridized carbons (Fsp3) is 0.571. The van der Waals surface area contributed by atoms with Crippen LogP contribution in [0.5, 0.6) is 0 Å². The molecule has 0 aromatic heterocycles. The van der Waals surface area contributed by atoms with Crippen molar-refractivity contribution >= 4 is 27.7 Å². The van der Waals surface area contributed by atoms with E-state index in [0.717, 1.165) is 29.5 Å². The van der Waals surface area contributed by atoms with Crippen LogP contribution in [0.1, 0.15) is 18.9 Å². The number of hydrogen-bond acceptors (Lipinski definition) is 2. The second-order valence-electron chi connectivity index (χ2n) is 4.59. The van der Waals surface area contributed by atoms with E-state index in [9.17, 15) is 13.2 Å². The van der Waals surface area contributed by atoms with Crippen LogP contribution in [0, 0.1) is 5.92 Å². The first kappa shape index (κ1) is 17.9. The minimum atomic E-state index is -4.12. The van der Waals surface area contributed by atoms with Crippen LogP contribution in [-0.4, -0.2) is 24.4 Å². The molecule has 1 nitrogen and oxygen atoms in total. The molecule has 1 aromatic rings. The largest absolute Gasteiger partial charge is 0.441 e. The van der Waals surface area contributed by atoms with Crippen molar-refractivity contribution < 1.29 is 13.2 Å². The number of halogens is 4. The molecule has 0 saturated carbocycles. The SMILES string of the molecule is CCNCC(CCSC(F)(F)F)Cc1ccc(Br)cc1. The van der Waals surface area contributed by atoms with Crippen molar-refractivity contribution in [2.45, 2.75) is 25.3 Å². The van der Waals surface area contributed by atoms with Gasteiger partial charge in [-0.3, -0.25) is 0 Å². The standard InChI is InChI=1S/C14H19BrF3NS/c1-2-19-10-12(7-8-20-14(16,17)18)9-11-3-5-13(15)6-4-11/h3-6,12,19H,2,7-10H2,1H3. The molecule has 1 N–H and O–H groups in total. The van der Waals surface area contributed by atoms with E-state index in [4.69, 9.17) is 0 Å². The van der Waals surface area contributed by atoms with E-state index in [1.807, 2.05) is 31.2 Å². The maximum absolute atomic E-state index is 12.2. The highest BCUT2D eigenvalue weighted by atomic mass is 79.9. The molecule has 20 heavy (non-hydrogen) atoms. The van der Waals surface area contributed by atoms with Gasteiger partial charge in [0.1, 0.15) is 0 Å². The van der Waals surface area contributed by atoms with E-state index in [0.29, 0.717) is 6.42 Å². The van der Waals surface area contributed by atoms with E-state index < -0.39 is 5.51 Å². The number of rotatable bonds is 8. The van der Waals surface area contributed by atoms with Crippen molar-refractivity contribution in [3.8, 4) is 0 Å². The summed E-state index contributed by atoms with van der Waals surface area (Å²) >= 11 is 3.45. The van der Waals surface area contributed by atoms with Gasteiger partial charge >= 0.3 is 5.51 Å². The normalized spacial score (nSPS) is 13.4. The Labute approximate surface area is 130 Å². The summed E-state index contributed by atoms with van der Waals surface area (Å²) in [5, 5.41) is 3.23. The lowest BCUT2D eigenvalue weighted by molar-refractivity contribution is -0.0328. The molecule has 0 heterocycles. The zero-order chi connectivity index (χ0) is 15.0. The van der Waals surface area contributed by atoms with Gasteiger partial charge in [-0.15, -0.1) is 0 Å². The molecule has 0 aliphatic heterocycles. The molecule has 0 bridgehead atoms. The number of benzene rings is 1. The van der Waals surface area contributed by atoms with E-state index in [1.54, 1.807) is 0 Å². The minimum Gasteiger partial charge on any atom is -0.317 e. The average molecular weight is 370 g/mol. The lowest BCUT2D eigenvalue weighted by Crippen LogP contribution is -2.25. The summed E-state index contributed by atoms with van der Waals surface area (Å²) in [5.41, 5.74) is -2.96. The third kappa shape index (κ3) is 8.17. The fourth-order valence-corrected chi connectivity index (χ4v) is 2.87. The van der Waals surface area contributed by atoms with Gasteiger partial charge in [-0.1, -0.05) is 46.7 Å². The Balaban J connectivity index is 2.48. The summed E-state index contributed by atoms with van der Waals surface area (Å²) in [7, 11) is 0. The molecular weight excluding hydrogens is 351 g/mol. The highest BCUT2D eigenvalue weighted by Gasteiger charge is 2.28. The zero-order valence-corrected chi connectivity index (χ0v) is 13.7. The topological polar surface area (TPSA) is 12.0 Å². The maximum Gasteiger partial charge on any atom is 0.441 e. The Morgan fingerprint density at radius 1 is 1.25 bits per heavy atom.